The van der Waals surface area contributed by atoms with Crippen LogP contribution in [0.5, 0.6) is 0 Å². The van der Waals surface area contributed by atoms with Crippen molar-refractivity contribution in [2.45, 2.75) is 33.1 Å². The van der Waals surface area contributed by atoms with Crippen molar-refractivity contribution in [1.82, 2.24) is 5.32 Å². The Kier molecular flexibility index (Phi) is 4.99. The van der Waals surface area contributed by atoms with Crippen LogP contribution in [0, 0.1) is 5.92 Å². The quantitative estimate of drug-likeness (QED) is 0.635. The molecule has 2 nitrogen and oxygen atoms in total. The molecule has 0 unspecified atom stereocenters. The highest BCUT2D eigenvalue weighted by Crippen LogP contribution is 2.09. The zero-order valence-corrected chi connectivity index (χ0v) is 7.11. The van der Waals surface area contributed by atoms with E-state index in [1.54, 1.807) is 7.05 Å². The van der Waals surface area contributed by atoms with E-state index in [2.05, 4.69) is 19.2 Å². The van der Waals surface area contributed by atoms with Crippen molar-refractivity contribution in [2.24, 2.45) is 5.92 Å². The fraction of sp³-hybridized carbons (Fsp3) is 0.875. The molecule has 0 fully saturated rings. The first-order valence-corrected chi connectivity index (χ1v) is 3.97. The standard InChI is InChI=1S/C8H17NO/c1-4-6-7(5-2)8(10)9-3/h7H,4-6H2,1-3H3,(H,9,10)/t7-/m1/s1. The van der Waals surface area contributed by atoms with Crippen LogP contribution in [0.4, 0.5) is 0 Å². The largest absolute Gasteiger partial charge is 0.359 e. The maximum atomic E-state index is 11.0. The second-order valence-electron chi connectivity index (χ2n) is 2.51. The molecule has 60 valence electrons. The van der Waals surface area contributed by atoms with E-state index in [-0.39, 0.29) is 11.8 Å². The lowest BCUT2D eigenvalue weighted by Crippen LogP contribution is -2.26. The molecule has 0 saturated heterocycles. The Hall–Kier alpha value is -0.530. The SMILES string of the molecule is CCC[C@@H](CC)C(=O)NC. The van der Waals surface area contributed by atoms with Gasteiger partial charge in [0.05, 0.1) is 0 Å². The summed E-state index contributed by atoms with van der Waals surface area (Å²) in [7, 11) is 1.70. The van der Waals surface area contributed by atoms with E-state index in [1.807, 2.05) is 0 Å². The van der Waals surface area contributed by atoms with Gasteiger partial charge in [0.1, 0.15) is 0 Å². The third-order valence-electron chi connectivity index (χ3n) is 1.75. The molecule has 0 saturated carbocycles. The van der Waals surface area contributed by atoms with E-state index in [4.69, 9.17) is 0 Å². The van der Waals surface area contributed by atoms with Crippen molar-refractivity contribution in [2.75, 3.05) is 7.05 Å². The summed E-state index contributed by atoms with van der Waals surface area (Å²) in [5, 5.41) is 2.66. The molecular weight excluding hydrogens is 126 g/mol. The fourth-order valence-corrected chi connectivity index (χ4v) is 1.07. The molecule has 0 aliphatic heterocycles. The van der Waals surface area contributed by atoms with Gasteiger partial charge in [-0.1, -0.05) is 20.3 Å². The molecule has 2 heteroatoms. The summed E-state index contributed by atoms with van der Waals surface area (Å²) in [6.45, 7) is 4.15. The van der Waals surface area contributed by atoms with E-state index >= 15 is 0 Å². The van der Waals surface area contributed by atoms with Gasteiger partial charge in [0.15, 0.2) is 0 Å². The van der Waals surface area contributed by atoms with Crippen molar-refractivity contribution >= 4 is 5.91 Å². The summed E-state index contributed by atoms with van der Waals surface area (Å²) in [5.41, 5.74) is 0. The van der Waals surface area contributed by atoms with Crippen LogP contribution in [-0.4, -0.2) is 13.0 Å². The van der Waals surface area contributed by atoms with Gasteiger partial charge >= 0.3 is 0 Å². The second-order valence-corrected chi connectivity index (χ2v) is 2.51. The van der Waals surface area contributed by atoms with Gasteiger partial charge in [0.2, 0.25) is 5.91 Å². The summed E-state index contributed by atoms with van der Waals surface area (Å²) in [5.74, 6) is 0.416. The van der Waals surface area contributed by atoms with Gasteiger partial charge in [-0.15, -0.1) is 0 Å². The Morgan fingerprint density at radius 1 is 1.50 bits per heavy atom. The lowest BCUT2D eigenvalue weighted by Gasteiger charge is -2.10. The molecule has 1 N–H and O–H groups in total. The number of carbonyl (C=O) groups excluding carboxylic acids is 1. The lowest BCUT2D eigenvalue weighted by molar-refractivity contribution is -0.124. The molecule has 0 aliphatic carbocycles. The molecule has 0 aromatic rings. The molecule has 0 aromatic carbocycles. The van der Waals surface area contributed by atoms with Crippen LogP contribution >= 0.6 is 0 Å². The minimum absolute atomic E-state index is 0.185. The fourth-order valence-electron chi connectivity index (χ4n) is 1.07. The third-order valence-corrected chi connectivity index (χ3v) is 1.75. The Morgan fingerprint density at radius 2 is 2.10 bits per heavy atom. The summed E-state index contributed by atoms with van der Waals surface area (Å²) in [6.07, 6.45) is 3.05. The number of nitrogens with one attached hydrogen (secondary N) is 1. The first kappa shape index (κ1) is 9.47. The van der Waals surface area contributed by atoms with Crippen LogP contribution in [0.2, 0.25) is 0 Å². The lowest BCUT2D eigenvalue weighted by atomic mass is 10.0. The van der Waals surface area contributed by atoms with Gasteiger partial charge in [-0.3, -0.25) is 4.79 Å². The molecule has 10 heavy (non-hydrogen) atoms. The first-order chi connectivity index (χ1) is 4.76. The highest BCUT2D eigenvalue weighted by atomic mass is 16.1. The third kappa shape index (κ3) is 2.85. The molecule has 0 spiro atoms. The summed E-state index contributed by atoms with van der Waals surface area (Å²) >= 11 is 0. The van der Waals surface area contributed by atoms with Gasteiger partial charge in [0, 0.05) is 13.0 Å². The summed E-state index contributed by atoms with van der Waals surface area (Å²) in [4.78, 5) is 11.0. The number of carbonyl (C=O) groups is 1. The second kappa shape index (κ2) is 5.27. The number of hydrogen-bond acceptors (Lipinski definition) is 1. The van der Waals surface area contributed by atoms with Crippen molar-refractivity contribution in [3.8, 4) is 0 Å². The van der Waals surface area contributed by atoms with Crippen LogP contribution in [-0.2, 0) is 4.79 Å². The van der Waals surface area contributed by atoms with Crippen molar-refractivity contribution in [3.63, 3.8) is 0 Å². The highest BCUT2D eigenvalue weighted by Gasteiger charge is 2.12. The summed E-state index contributed by atoms with van der Waals surface area (Å²) < 4.78 is 0. The van der Waals surface area contributed by atoms with E-state index in [0.717, 1.165) is 19.3 Å². The minimum atomic E-state index is 0.185. The molecule has 0 rings (SSSR count). The first-order valence-electron chi connectivity index (χ1n) is 3.97. The average molecular weight is 143 g/mol. The number of amides is 1. The van der Waals surface area contributed by atoms with Gasteiger partial charge in [-0.05, 0) is 12.8 Å². The van der Waals surface area contributed by atoms with Gasteiger partial charge in [0.25, 0.3) is 0 Å². The molecule has 0 aromatic heterocycles. The molecule has 0 bridgehead atoms. The molecule has 0 heterocycles. The molecule has 0 radical (unpaired) electrons. The van der Waals surface area contributed by atoms with Crippen LogP contribution in [0.1, 0.15) is 33.1 Å². The molecule has 0 aliphatic rings. The molecule has 1 amide bonds. The van der Waals surface area contributed by atoms with Crippen molar-refractivity contribution in [3.05, 3.63) is 0 Å². The van der Waals surface area contributed by atoms with E-state index in [9.17, 15) is 4.79 Å². The van der Waals surface area contributed by atoms with Crippen molar-refractivity contribution < 1.29 is 4.79 Å². The van der Waals surface area contributed by atoms with E-state index < -0.39 is 0 Å². The molecular formula is C8H17NO. The van der Waals surface area contributed by atoms with Crippen LogP contribution in [0.3, 0.4) is 0 Å². The normalized spacial score (nSPS) is 12.7. The van der Waals surface area contributed by atoms with Crippen LogP contribution in [0.15, 0.2) is 0 Å². The zero-order chi connectivity index (χ0) is 7.98. The van der Waals surface area contributed by atoms with E-state index in [1.165, 1.54) is 0 Å². The Bertz CT molecular complexity index is 101. The average Bonchev–Trinajstić information content (AvgIpc) is 1.99. The maximum Gasteiger partial charge on any atom is 0.222 e. The predicted molar refractivity (Wildman–Crippen MR) is 42.8 cm³/mol. The molecule has 1 atom stereocenters. The van der Waals surface area contributed by atoms with Gasteiger partial charge < -0.3 is 5.32 Å². The smallest absolute Gasteiger partial charge is 0.222 e. The van der Waals surface area contributed by atoms with Crippen molar-refractivity contribution in [1.29, 1.82) is 0 Å². The number of rotatable bonds is 4. The predicted octanol–water partition coefficient (Wildman–Crippen LogP) is 1.56. The topological polar surface area (TPSA) is 29.1 Å². The van der Waals surface area contributed by atoms with E-state index in [0.29, 0.717) is 0 Å². The Balaban J connectivity index is 3.68. The Morgan fingerprint density at radius 3 is 2.40 bits per heavy atom. The van der Waals surface area contributed by atoms with Gasteiger partial charge in [-0.25, -0.2) is 0 Å². The van der Waals surface area contributed by atoms with Gasteiger partial charge in [-0.2, -0.15) is 0 Å². The monoisotopic (exact) mass is 143 g/mol. The summed E-state index contributed by atoms with van der Waals surface area (Å²) in [6, 6.07) is 0. The number of hydrogen-bond donors (Lipinski definition) is 1. The highest BCUT2D eigenvalue weighted by molar-refractivity contribution is 5.78. The minimum Gasteiger partial charge on any atom is -0.359 e. The Labute approximate surface area is 63.0 Å². The van der Waals surface area contributed by atoms with Crippen LogP contribution in [0.25, 0.3) is 0 Å². The maximum absolute atomic E-state index is 11.0. The van der Waals surface area contributed by atoms with Crippen LogP contribution < -0.4 is 5.32 Å². The zero-order valence-electron chi connectivity index (χ0n) is 7.11.